The van der Waals surface area contributed by atoms with Crippen molar-refractivity contribution in [3.8, 4) is 5.75 Å². The highest BCUT2D eigenvalue weighted by Crippen LogP contribution is 2.43. The highest BCUT2D eigenvalue weighted by Gasteiger charge is 2.33. The topological polar surface area (TPSA) is 24.5 Å². The summed E-state index contributed by atoms with van der Waals surface area (Å²) < 4.78 is 5.39. The number of rotatable bonds is 4. The number of hydrogen-bond acceptors (Lipinski definition) is 3. The third-order valence-electron chi connectivity index (χ3n) is 4.66. The molecule has 110 valence electrons. The molecule has 0 bridgehead atoms. The van der Waals surface area contributed by atoms with Crippen molar-refractivity contribution in [1.82, 2.24) is 10.2 Å². The minimum atomic E-state index is 0.525. The molecule has 0 amide bonds. The summed E-state index contributed by atoms with van der Waals surface area (Å²) in [4.78, 5) is 2.63. The van der Waals surface area contributed by atoms with Crippen LogP contribution in [0.2, 0.25) is 5.02 Å². The zero-order chi connectivity index (χ0) is 13.9. The Morgan fingerprint density at radius 3 is 2.65 bits per heavy atom. The van der Waals surface area contributed by atoms with Crippen LogP contribution >= 0.6 is 11.6 Å². The van der Waals surface area contributed by atoms with E-state index >= 15 is 0 Å². The van der Waals surface area contributed by atoms with Crippen molar-refractivity contribution in [3.05, 3.63) is 28.8 Å². The summed E-state index contributed by atoms with van der Waals surface area (Å²) in [7, 11) is 1.69. The van der Waals surface area contributed by atoms with E-state index in [-0.39, 0.29) is 0 Å². The molecule has 1 aliphatic heterocycles. The molecule has 1 aliphatic carbocycles. The second-order valence-corrected chi connectivity index (χ2v) is 6.22. The Morgan fingerprint density at radius 2 is 2.05 bits per heavy atom. The second-order valence-electron chi connectivity index (χ2n) is 5.82. The number of nitrogens with one attached hydrogen (secondary N) is 1. The van der Waals surface area contributed by atoms with Crippen LogP contribution in [0.4, 0.5) is 0 Å². The predicted molar refractivity (Wildman–Crippen MR) is 82.5 cm³/mol. The maximum Gasteiger partial charge on any atom is 0.137 e. The van der Waals surface area contributed by atoms with Gasteiger partial charge in [0.1, 0.15) is 5.75 Å². The Kier molecular flexibility index (Phi) is 4.49. The van der Waals surface area contributed by atoms with Gasteiger partial charge in [0.25, 0.3) is 0 Å². The molecule has 3 nitrogen and oxygen atoms in total. The van der Waals surface area contributed by atoms with Gasteiger partial charge in [0.2, 0.25) is 0 Å². The second kappa shape index (κ2) is 6.33. The molecule has 20 heavy (non-hydrogen) atoms. The third-order valence-corrected chi connectivity index (χ3v) is 4.97. The third kappa shape index (κ3) is 2.80. The van der Waals surface area contributed by atoms with Gasteiger partial charge in [-0.05, 0) is 36.5 Å². The first-order chi connectivity index (χ1) is 9.79. The van der Waals surface area contributed by atoms with Gasteiger partial charge in [-0.25, -0.2) is 0 Å². The molecule has 3 rings (SSSR count). The van der Waals surface area contributed by atoms with E-state index in [0.29, 0.717) is 11.1 Å². The molecule has 2 fully saturated rings. The first-order valence-corrected chi connectivity index (χ1v) is 7.95. The van der Waals surface area contributed by atoms with Crippen molar-refractivity contribution in [1.29, 1.82) is 0 Å². The van der Waals surface area contributed by atoms with Crippen molar-refractivity contribution in [3.63, 3.8) is 0 Å². The van der Waals surface area contributed by atoms with Gasteiger partial charge in [-0.2, -0.15) is 0 Å². The summed E-state index contributed by atoms with van der Waals surface area (Å²) in [6.07, 6.45) is 4.07. The van der Waals surface area contributed by atoms with E-state index in [1.54, 1.807) is 7.11 Å². The standard InChI is InChI=1S/C16H23ClN2O/c1-20-15-11-13(5-6-14(15)17)16(12-3-2-4-12)19-9-7-18-8-10-19/h5-6,11-12,16,18H,2-4,7-10H2,1H3/t16-/m0/s1. The molecule has 1 heterocycles. The number of methoxy groups -OCH3 is 1. The monoisotopic (exact) mass is 294 g/mol. The van der Waals surface area contributed by atoms with Gasteiger partial charge in [-0.1, -0.05) is 24.1 Å². The summed E-state index contributed by atoms with van der Waals surface area (Å²) in [5.41, 5.74) is 1.36. The fourth-order valence-corrected chi connectivity index (χ4v) is 3.55. The lowest BCUT2D eigenvalue weighted by atomic mass is 9.76. The van der Waals surface area contributed by atoms with E-state index in [9.17, 15) is 0 Å². The molecule has 0 aromatic heterocycles. The average molecular weight is 295 g/mol. The van der Waals surface area contributed by atoms with Gasteiger partial charge in [0.15, 0.2) is 0 Å². The summed E-state index contributed by atoms with van der Waals surface area (Å²) in [5.74, 6) is 1.59. The molecule has 1 aromatic carbocycles. The van der Waals surface area contributed by atoms with Gasteiger partial charge >= 0.3 is 0 Å². The fourth-order valence-electron chi connectivity index (χ4n) is 3.36. The van der Waals surface area contributed by atoms with Gasteiger partial charge in [0.05, 0.1) is 12.1 Å². The lowest BCUT2D eigenvalue weighted by Crippen LogP contribution is -2.47. The smallest absolute Gasteiger partial charge is 0.137 e. The molecule has 2 aliphatic rings. The molecule has 0 spiro atoms. The van der Waals surface area contributed by atoms with E-state index in [1.807, 2.05) is 6.07 Å². The number of benzene rings is 1. The normalized spacial score (nSPS) is 22.3. The maximum atomic E-state index is 6.17. The van der Waals surface area contributed by atoms with Crippen LogP contribution in [0, 0.1) is 5.92 Å². The zero-order valence-corrected chi connectivity index (χ0v) is 12.8. The van der Waals surface area contributed by atoms with Crippen LogP contribution in [0.3, 0.4) is 0 Å². The lowest BCUT2D eigenvalue weighted by molar-refractivity contribution is 0.0836. The summed E-state index contributed by atoms with van der Waals surface area (Å²) >= 11 is 6.17. The fraction of sp³-hybridized carbons (Fsp3) is 0.625. The minimum Gasteiger partial charge on any atom is -0.495 e. The van der Waals surface area contributed by atoms with Crippen molar-refractivity contribution < 1.29 is 4.74 Å². The van der Waals surface area contributed by atoms with Crippen LogP contribution in [0.5, 0.6) is 5.75 Å². The summed E-state index contributed by atoms with van der Waals surface area (Å²) in [5, 5.41) is 4.14. The molecule has 4 heteroatoms. The Bertz CT molecular complexity index is 456. The average Bonchev–Trinajstić information content (AvgIpc) is 2.44. The molecule has 1 aromatic rings. The molecular weight excluding hydrogens is 272 g/mol. The SMILES string of the molecule is COc1cc([C@H](C2CCC2)N2CCNCC2)ccc1Cl. The van der Waals surface area contributed by atoms with E-state index in [2.05, 4.69) is 22.3 Å². The molecule has 1 saturated carbocycles. The summed E-state index contributed by atoms with van der Waals surface area (Å²) in [6.45, 7) is 4.44. The van der Waals surface area contributed by atoms with Crippen molar-refractivity contribution in [2.45, 2.75) is 25.3 Å². The highest BCUT2D eigenvalue weighted by molar-refractivity contribution is 6.32. The van der Waals surface area contributed by atoms with E-state index in [4.69, 9.17) is 16.3 Å². The first kappa shape index (κ1) is 14.2. The number of piperazine rings is 1. The van der Waals surface area contributed by atoms with Crippen LogP contribution in [0.15, 0.2) is 18.2 Å². The molecule has 1 atom stereocenters. The number of nitrogens with zero attached hydrogens (tertiary/aromatic N) is 1. The largest absolute Gasteiger partial charge is 0.495 e. The number of hydrogen-bond donors (Lipinski definition) is 1. The van der Waals surface area contributed by atoms with Gasteiger partial charge in [0, 0.05) is 32.2 Å². The number of ether oxygens (including phenoxy) is 1. The van der Waals surface area contributed by atoms with E-state index < -0.39 is 0 Å². The van der Waals surface area contributed by atoms with Crippen LogP contribution in [0.25, 0.3) is 0 Å². The molecule has 0 unspecified atom stereocenters. The Labute approximate surface area is 126 Å². The predicted octanol–water partition coefficient (Wildman–Crippen LogP) is 3.10. The van der Waals surface area contributed by atoms with Gasteiger partial charge < -0.3 is 10.1 Å². The Balaban J connectivity index is 1.87. The van der Waals surface area contributed by atoms with Crippen molar-refractivity contribution in [2.24, 2.45) is 5.92 Å². The number of halogens is 1. The lowest BCUT2D eigenvalue weighted by Gasteiger charge is -2.43. The van der Waals surface area contributed by atoms with Gasteiger partial charge in [-0.15, -0.1) is 0 Å². The molecule has 1 N–H and O–H groups in total. The van der Waals surface area contributed by atoms with Crippen LogP contribution in [0.1, 0.15) is 30.9 Å². The van der Waals surface area contributed by atoms with E-state index in [1.165, 1.54) is 24.8 Å². The maximum absolute atomic E-state index is 6.17. The van der Waals surface area contributed by atoms with Crippen molar-refractivity contribution >= 4 is 11.6 Å². The van der Waals surface area contributed by atoms with Crippen LogP contribution < -0.4 is 10.1 Å². The Morgan fingerprint density at radius 1 is 1.30 bits per heavy atom. The Hall–Kier alpha value is -0.770. The zero-order valence-electron chi connectivity index (χ0n) is 12.1. The molecule has 0 radical (unpaired) electrons. The van der Waals surface area contributed by atoms with E-state index in [0.717, 1.165) is 37.8 Å². The van der Waals surface area contributed by atoms with Crippen LogP contribution in [-0.4, -0.2) is 38.2 Å². The molecular formula is C16H23ClN2O. The first-order valence-electron chi connectivity index (χ1n) is 7.58. The summed E-state index contributed by atoms with van der Waals surface area (Å²) in [6, 6.07) is 6.81. The van der Waals surface area contributed by atoms with Crippen LogP contribution in [-0.2, 0) is 0 Å². The van der Waals surface area contributed by atoms with Gasteiger partial charge in [-0.3, -0.25) is 4.90 Å². The minimum absolute atomic E-state index is 0.525. The highest BCUT2D eigenvalue weighted by atomic mass is 35.5. The van der Waals surface area contributed by atoms with Crippen molar-refractivity contribution in [2.75, 3.05) is 33.3 Å². The molecule has 1 saturated heterocycles. The quantitative estimate of drug-likeness (QED) is 0.923.